The van der Waals surface area contributed by atoms with E-state index >= 15 is 0 Å². The third-order valence-corrected chi connectivity index (χ3v) is 10.9. The highest BCUT2D eigenvalue weighted by Crippen LogP contribution is 2.43. The first-order valence-corrected chi connectivity index (χ1v) is 17.4. The third kappa shape index (κ3) is 4.62. The molecule has 0 atom stereocenters. The van der Waals surface area contributed by atoms with E-state index in [1.54, 1.807) is 0 Å². The number of hydrogen-bond donors (Lipinski definition) is 0. The number of rotatable bonds is 5. The minimum Gasteiger partial charge on any atom is -0.456 e. The van der Waals surface area contributed by atoms with Gasteiger partial charge in [0, 0.05) is 54.1 Å². The third-order valence-electron chi connectivity index (χ3n) is 9.68. The quantitative estimate of drug-likeness (QED) is 0.186. The largest absolute Gasteiger partial charge is 0.456 e. The average molecular weight is 644 g/mol. The van der Waals surface area contributed by atoms with Gasteiger partial charge in [-0.05, 0) is 81.6 Å². The zero-order valence-electron chi connectivity index (χ0n) is 26.5. The van der Waals surface area contributed by atoms with E-state index in [9.17, 15) is 0 Å². The first kappa shape index (κ1) is 27.9. The highest BCUT2D eigenvalue weighted by molar-refractivity contribution is 7.26. The van der Waals surface area contributed by atoms with Crippen LogP contribution in [0.15, 0.2) is 180 Å². The molecule has 8 aromatic carbocycles. The fourth-order valence-corrected chi connectivity index (χ4v) is 8.56. The molecule has 0 unspecified atom stereocenters. The van der Waals surface area contributed by atoms with E-state index in [0.717, 1.165) is 39.0 Å². The molecule has 0 N–H and O–H groups in total. The van der Waals surface area contributed by atoms with Gasteiger partial charge in [-0.2, -0.15) is 0 Å². The van der Waals surface area contributed by atoms with Crippen molar-refractivity contribution in [2.75, 3.05) is 4.90 Å². The van der Waals surface area contributed by atoms with E-state index in [-0.39, 0.29) is 0 Å². The van der Waals surface area contributed by atoms with Crippen molar-refractivity contribution in [3.05, 3.63) is 176 Å². The fraction of sp³-hybridized carbons (Fsp3) is 0. The lowest BCUT2D eigenvalue weighted by Gasteiger charge is -2.26. The van der Waals surface area contributed by atoms with Crippen molar-refractivity contribution in [2.45, 2.75) is 0 Å². The summed E-state index contributed by atoms with van der Waals surface area (Å²) in [6.45, 7) is 0. The summed E-state index contributed by atoms with van der Waals surface area (Å²) in [5, 5.41) is 7.35. The second-order valence-corrected chi connectivity index (χ2v) is 13.6. The fourth-order valence-electron chi connectivity index (χ4n) is 7.32. The van der Waals surface area contributed by atoms with Crippen molar-refractivity contribution in [3.63, 3.8) is 0 Å². The van der Waals surface area contributed by atoms with Crippen LogP contribution >= 0.6 is 11.3 Å². The van der Waals surface area contributed by atoms with Gasteiger partial charge in [0.1, 0.15) is 11.2 Å². The summed E-state index contributed by atoms with van der Waals surface area (Å²) < 4.78 is 9.16. The maximum absolute atomic E-state index is 6.52. The molecule has 0 saturated heterocycles. The van der Waals surface area contributed by atoms with Gasteiger partial charge in [0.05, 0.1) is 0 Å². The van der Waals surface area contributed by atoms with Crippen LogP contribution in [0.25, 0.3) is 75.1 Å². The molecular formula is C46H29NOS. The van der Waals surface area contributed by atoms with E-state index in [1.807, 2.05) is 11.3 Å². The molecule has 2 nitrogen and oxygen atoms in total. The predicted octanol–water partition coefficient (Wildman–Crippen LogP) is 13.9. The van der Waals surface area contributed by atoms with Gasteiger partial charge in [-0.15, -0.1) is 11.3 Å². The van der Waals surface area contributed by atoms with Crippen molar-refractivity contribution >= 4 is 81.3 Å². The van der Waals surface area contributed by atoms with Crippen LogP contribution in [0.3, 0.4) is 0 Å². The lowest BCUT2D eigenvalue weighted by molar-refractivity contribution is 0.669. The van der Waals surface area contributed by atoms with Crippen LogP contribution in [0.5, 0.6) is 0 Å². The second-order valence-electron chi connectivity index (χ2n) is 12.5. The maximum atomic E-state index is 6.52. The van der Waals surface area contributed by atoms with E-state index in [0.29, 0.717) is 0 Å². The summed E-state index contributed by atoms with van der Waals surface area (Å²) in [6, 6.07) is 63.1. The smallest absolute Gasteiger partial charge is 0.137 e. The molecule has 0 radical (unpaired) electrons. The Kier molecular flexibility index (Phi) is 6.39. The molecule has 2 heterocycles. The molecule has 10 rings (SSSR count). The van der Waals surface area contributed by atoms with Crippen LogP contribution in [0.2, 0.25) is 0 Å². The minimum atomic E-state index is 0.878. The summed E-state index contributed by atoms with van der Waals surface area (Å²) in [4.78, 5) is 2.32. The molecule has 0 bridgehead atoms. The number of benzene rings is 8. The molecule has 0 saturated carbocycles. The van der Waals surface area contributed by atoms with Crippen molar-refractivity contribution in [1.29, 1.82) is 0 Å². The first-order chi connectivity index (χ1) is 24.3. The monoisotopic (exact) mass is 643 g/mol. The van der Waals surface area contributed by atoms with Gasteiger partial charge in [0.15, 0.2) is 0 Å². The Morgan fingerprint density at radius 3 is 1.88 bits per heavy atom. The van der Waals surface area contributed by atoms with Gasteiger partial charge >= 0.3 is 0 Å². The molecule has 49 heavy (non-hydrogen) atoms. The van der Waals surface area contributed by atoms with Crippen molar-refractivity contribution < 1.29 is 4.42 Å². The molecule has 0 aliphatic rings. The summed E-state index contributed by atoms with van der Waals surface area (Å²) in [5.74, 6) is 0. The molecule has 3 heteroatoms. The molecule has 0 fully saturated rings. The lowest BCUT2D eigenvalue weighted by atomic mass is 10.0. The van der Waals surface area contributed by atoms with Gasteiger partial charge in [-0.1, -0.05) is 121 Å². The summed E-state index contributed by atoms with van der Waals surface area (Å²) in [6.07, 6.45) is 0. The zero-order valence-corrected chi connectivity index (χ0v) is 27.3. The highest BCUT2D eigenvalue weighted by atomic mass is 32.1. The van der Waals surface area contributed by atoms with Crippen molar-refractivity contribution in [2.24, 2.45) is 0 Å². The predicted molar refractivity (Wildman–Crippen MR) is 210 cm³/mol. The van der Waals surface area contributed by atoms with Gasteiger partial charge in [0.2, 0.25) is 0 Å². The average Bonchev–Trinajstić information content (AvgIpc) is 3.74. The van der Waals surface area contributed by atoms with Crippen LogP contribution in [0.4, 0.5) is 17.1 Å². The number of thiophene rings is 1. The number of furan rings is 1. The van der Waals surface area contributed by atoms with Gasteiger partial charge in [-0.25, -0.2) is 0 Å². The Morgan fingerprint density at radius 1 is 0.408 bits per heavy atom. The van der Waals surface area contributed by atoms with Gasteiger partial charge in [0.25, 0.3) is 0 Å². The number of anilines is 3. The molecule has 0 aliphatic heterocycles. The first-order valence-electron chi connectivity index (χ1n) is 16.6. The number of nitrogens with zero attached hydrogens (tertiary/aromatic N) is 1. The molecule has 0 amide bonds. The molecular weight excluding hydrogens is 615 g/mol. The Labute approximate surface area is 287 Å². The minimum absolute atomic E-state index is 0.878. The zero-order chi connectivity index (χ0) is 32.3. The number of fused-ring (bicyclic) bond motifs is 8. The van der Waals surface area contributed by atoms with Gasteiger partial charge < -0.3 is 9.32 Å². The van der Waals surface area contributed by atoms with E-state index in [4.69, 9.17) is 4.42 Å². The normalized spacial score (nSPS) is 11.7. The molecule has 10 aromatic rings. The SMILES string of the molecule is c1ccc(-c2ccc(N(c3ccc(-c4cccc5c4sc4ccccc45)cc3)c3ccc4c(c3)oc3ccc5ccccc5c34)cc2)cc1. The molecule has 0 aliphatic carbocycles. The maximum Gasteiger partial charge on any atom is 0.137 e. The highest BCUT2D eigenvalue weighted by Gasteiger charge is 2.18. The Balaban J connectivity index is 1.11. The molecule has 2 aromatic heterocycles. The summed E-state index contributed by atoms with van der Waals surface area (Å²) >= 11 is 1.87. The Morgan fingerprint density at radius 2 is 1.06 bits per heavy atom. The molecule has 230 valence electrons. The van der Waals surface area contributed by atoms with E-state index in [2.05, 4.69) is 181 Å². The summed E-state index contributed by atoms with van der Waals surface area (Å²) in [5.41, 5.74) is 9.86. The van der Waals surface area contributed by atoms with Crippen LogP contribution in [-0.4, -0.2) is 0 Å². The van der Waals surface area contributed by atoms with Crippen LogP contribution in [0.1, 0.15) is 0 Å². The van der Waals surface area contributed by atoms with Crippen molar-refractivity contribution in [1.82, 2.24) is 0 Å². The Hall–Kier alpha value is -6.16. The van der Waals surface area contributed by atoms with Crippen LogP contribution in [-0.2, 0) is 0 Å². The van der Waals surface area contributed by atoms with E-state index < -0.39 is 0 Å². The van der Waals surface area contributed by atoms with E-state index in [1.165, 1.54) is 53.2 Å². The second kappa shape index (κ2) is 11.2. The number of hydrogen-bond acceptors (Lipinski definition) is 3. The standard InChI is InChI=1S/C46H29NOS/c1-2-9-30(10-3-1)31-17-22-34(23-18-31)47(36-26-27-41-43(29-36)48-42-28-21-32-11-4-5-12-37(32)45(41)42)35-24-19-33(20-25-35)38-14-8-15-40-39-13-6-7-16-44(39)49-46(38)40/h1-29H. The lowest BCUT2D eigenvalue weighted by Crippen LogP contribution is -2.09. The van der Waals surface area contributed by atoms with Gasteiger partial charge in [-0.3, -0.25) is 0 Å². The Bertz CT molecular complexity index is 2810. The topological polar surface area (TPSA) is 16.4 Å². The summed E-state index contributed by atoms with van der Waals surface area (Å²) in [7, 11) is 0. The van der Waals surface area contributed by atoms with Crippen LogP contribution in [0, 0.1) is 0 Å². The van der Waals surface area contributed by atoms with Crippen molar-refractivity contribution in [3.8, 4) is 22.3 Å². The van der Waals surface area contributed by atoms with Crippen LogP contribution < -0.4 is 4.90 Å². The molecule has 0 spiro atoms.